The van der Waals surface area contributed by atoms with Gasteiger partial charge in [-0.25, -0.2) is 4.98 Å². The van der Waals surface area contributed by atoms with Gasteiger partial charge in [-0.3, -0.25) is 5.41 Å². The minimum absolute atomic E-state index is 0.0147. The molecule has 0 aromatic carbocycles. The van der Waals surface area contributed by atoms with Gasteiger partial charge < -0.3 is 5.73 Å². The number of hydrogen-bond donors (Lipinski definition) is 2. The summed E-state index contributed by atoms with van der Waals surface area (Å²) in [4.78, 5) is 3.50. The molecule has 0 aliphatic carbocycles. The highest BCUT2D eigenvalue weighted by molar-refractivity contribution is 8.01. The van der Waals surface area contributed by atoms with Crippen LogP contribution in [0.1, 0.15) is 11.3 Å². The Morgan fingerprint density at radius 3 is 2.63 bits per heavy atom. The molecule has 2 aromatic rings. The van der Waals surface area contributed by atoms with Crippen molar-refractivity contribution in [2.24, 2.45) is 5.73 Å². The van der Waals surface area contributed by atoms with E-state index in [2.05, 4.69) is 15.2 Å². The Balaban J connectivity index is 2.45. The van der Waals surface area contributed by atoms with Crippen molar-refractivity contribution >= 4 is 28.9 Å². The van der Waals surface area contributed by atoms with Gasteiger partial charge in [-0.2, -0.15) is 13.2 Å². The van der Waals surface area contributed by atoms with Crippen LogP contribution < -0.4 is 5.73 Å². The third kappa shape index (κ3) is 3.20. The van der Waals surface area contributed by atoms with Crippen molar-refractivity contribution in [2.75, 3.05) is 0 Å². The van der Waals surface area contributed by atoms with Crippen molar-refractivity contribution in [1.82, 2.24) is 15.2 Å². The fourth-order valence-corrected chi connectivity index (χ4v) is 2.69. The first-order valence-corrected chi connectivity index (χ1v) is 6.44. The van der Waals surface area contributed by atoms with Gasteiger partial charge in [0.1, 0.15) is 22.1 Å². The van der Waals surface area contributed by atoms with E-state index >= 15 is 0 Å². The predicted octanol–water partition coefficient (Wildman–Crippen LogP) is 2.39. The quantitative estimate of drug-likeness (QED) is 0.671. The van der Waals surface area contributed by atoms with Crippen LogP contribution >= 0.6 is 23.1 Å². The van der Waals surface area contributed by atoms with Gasteiger partial charge in [0.15, 0.2) is 4.34 Å². The number of nitrogen functional groups attached to an aromatic ring is 1. The maximum Gasteiger partial charge on any atom is 0.433 e. The summed E-state index contributed by atoms with van der Waals surface area (Å²) in [5.41, 5.74) is 5.86. The molecule has 0 spiro atoms. The second-order valence-electron chi connectivity index (χ2n) is 3.27. The Hall–Kier alpha value is -1.68. The molecule has 19 heavy (non-hydrogen) atoms. The SMILES string of the molecule is N=C(N)c1ccc(C(F)(F)F)nc1Sc1nncs1. The van der Waals surface area contributed by atoms with Gasteiger partial charge in [0.2, 0.25) is 0 Å². The average Bonchev–Trinajstić information content (AvgIpc) is 2.80. The molecule has 0 amide bonds. The molecule has 0 atom stereocenters. The fraction of sp³-hybridized carbons (Fsp3) is 0.111. The van der Waals surface area contributed by atoms with Crippen molar-refractivity contribution < 1.29 is 13.2 Å². The van der Waals surface area contributed by atoms with E-state index in [1.807, 2.05) is 0 Å². The first-order chi connectivity index (χ1) is 8.88. The van der Waals surface area contributed by atoms with Gasteiger partial charge in [-0.05, 0) is 23.9 Å². The Bertz CT molecular complexity index is 596. The summed E-state index contributed by atoms with van der Waals surface area (Å²) >= 11 is 2.05. The van der Waals surface area contributed by atoms with E-state index in [1.54, 1.807) is 0 Å². The standard InChI is InChI=1S/C9H6F3N5S2/c10-9(11,12)5-2-1-4(6(13)14)7(16-5)19-8-17-15-3-18-8/h1-3H,(H3,13,14). The minimum atomic E-state index is -4.55. The van der Waals surface area contributed by atoms with E-state index in [0.717, 1.165) is 35.2 Å². The number of nitrogens with two attached hydrogens (primary N) is 1. The highest BCUT2D eigenvalue weighted by Gasteiger charge is 2.33. The molecule has 0 saturated heterocycles. The normalized spacial score (nSPS) is 11.5. The molecule has 0 aliphatic heterocycles. The molecule has 0 fully saturated rings. The fourth-order valence-electron chi connectivity index (χ4n) is 1.17. The van der Waals surface area contributed by atoms with E-state index in [4.69, 9.17) is 11.1 Å². The number of nitrogens with one attached hydrogen (secondary N) is 1. The average molecular weight is 305 g/mol. The molecule has 2 aromatic heterocycles. The van der Waals surface area contributed by atoms with Crippen molar-refractivity contribution in [3.05, 3.63) is 28.9 Å². The van der Waals surface area contributed by atoms with E-state index in [9.17, 15) is 13.2 Å². The molecule has 0 unspecified atom stereocenters. The molecule has 3 N–H and O–H groups in total. The maximum atomic E-state index is 12.6. The molecule has 5 nitrogen and oxygen atoms in total. The summed E-state index contributed by atoms with van der Waals surface area (Å²) < 4.78 is 38.2. The number of alkyl halides is 3. The number of halogens is 3. The third-order valence-corrected chi connectivity index (χ3v) is 3.75. The molecule has 2 rings (SSSR count). The van der Waals surface area contributed by atoms with Crippen LogP contribution in [0.2, 0.25) is 0 Å². The molecule has 2 heterocycles. The monoisotopic (exact) mass is 305 g/mol. The molecule has 0 radical (unpaired) electrons. The lowest BCUT2D eigenvalue weighted by molar-refractivity contribution is -0.141. The van der Waals surface area contributed by atoms with Crippen LogP contribution in [0, 0.1) is 5.41 Å². The third-order valence-electron chi connectivity index (χ3n) is 1.96. The Morgan fingerprint density at radius 1 is 1.37 bits per heavy atom. The molecule has 0 saturated carbocycles. The zero-order valence-corrected chi connectivity index (χ0v) is 10.7. The van der Waals surface area contributed by atoms with Crippen LogP contribution in [0.4, 0.5) is 13.2 Å². The van der Waals surface area contributed by atoms with Crippen LogP contribution in [0.5, 0.6) is 0 Å². The first-order valence-electron chi connectivity index (χ1n) is 4.74. The molecule has 0 aliphatic rings. The number of amidine groups is 1. The summed E-state index contributed by atoms with van der Waals surface area (Å²) in [6, 6.07) is 1.92. The van der Waals surface area contributed by atoms with Gasteiger partial charge in [-0.15, -0.1) is 10.2 Å². The van der Waals surface area contributed by atoms with Crippen LogP contribution in [-0.2, 0) is 6.18 Å². The summed E-state index contributed by atoms with van der Waals surface area (Å²) in [7, 11) is 0. The topological polar surface area (TPSA) is 88.5 Å². The van der Waals surface area contributed by atoms with Crippen molar-refractivity contribution in [1.29, 1.82) is 5.41 Å². The Labute approximate surface area is 113 Å². The van der Waals surface area contributed by atoms with E-state index in [0.29, 0.717) is 4.34 Å². The molecule has 0 bridgehead atoms. The van der Waals surface area contributed by atoms with Gasteiger partial charge in [0, 0.05) is 5.56 Å². The zero-order valence-electron chi connectivity index (χ0n) is 9.10. The summed E-state index contributed by atoms with van der Waals surface area (Å²) in [6.07, 6.45) is -4.55. The molecule has 100 valence electrons. The minimum Gasteiger partial charge on any atom is -0.384 e. The lowest BCUT2D eigenvalue weighted by Crippen LogP contribution is -2.16. The van der Waals surface area contributed by atoms with Gasteiger partial charge in [0.05, 0.1) is 0 Å². The highest BCUT2D eigenvalue weighted by atomic mass is 32.2. The van der Waals surface area contributed by atoms with Crippen molar-refractivity contribution in [3.8, 4) is 0 Å². The van der Waals surface area contributed by atoms with Crippen LogP contribution in [0.15, 0.2) is 27.0 Å². The number of aromatic nitrogens is 3. The lowest BCUT2D eigenvalue weighted by atomic mass is 10.2. The highest BCUT2D eigenvalue weighted by Crippen LogP contribution is 2.34. The van der Waals surface area contributed by atoms with Gasteiger partial charge in [0.25, 0.3) is 0 Å². The van der Waals surface area contributed by atoms with Gasteiger partial charge in [-0.1, -0.05) is 11.3 Å². The van der Waals surface area contributed by atoms with Crippen LogP contribution in [0.3, 0.4) is 0 Å². The lowest BCUT2D eigenvalue weighted by Gasteiger charge is -2.10. The van der Waals surface area contributed by atoms with Gasteiger partial charge >= 0.3 is 6.18 Å². The Morgan fingerprint density at radius 2 is 2.11 bits per heavy atom. The van der Waals surface area contributed by atoms with Crippen molar-refractivity contribution in [3.63, 3.8) is 0 Å². The molecular weight excluding hydrogens is 299 g/mol. The van der Waals surface area contributed by atoms with Crippen LogP contribution in [0.25, 0.3) is 0 Å². The maximum absolute atomic E-state index is 12.6. The van der Waals surface area contributed by atoms with E-state index in [-0.39, 0.29) is 16.4 Å². The number of nitrogens with zero attached hydrogens (tertiary/aromatic N) is 3. The molecule has 10 heteroatoms. The smallest absolute Gasteiger partial charge is 0.384 e. The summed E-state index contributed by atoms with van der Waals surface area (Å²) in [5.74, 6) is -0.353. The summed E-state index contributed by atoms with van der Waals surface area (Å²) in [5, 5.41) is 14.6. The predicted molar refractivity (Wildman–Crippen MR) is 64.3 cm³/mol. The second-order valence-corrected chi connectivity index (χ2v) is 5.34. The van der Waals surface area contributed by atoms with E-state index < -0.39 is 11.9 Å². The largest absolute Gasteiger partial charge is 0.433 e. The molecular formula is C9H6F3N5S2. The summed E-state index contributed by atoms with van der Waals surface area (Å²) in [6.45, 7) is 0. The second kappa shape index (κ2) is 5.13. The van der Waals surface area contributed by atoms with E-state index in [1.165, 1.54) is 5.51 Å². The zero-order chi connectivity index (χ0) is 14.0. The first kappa shape index (κ1) is 13.7. The van der Waals surface area contributed by atoms with Crippen LogP contribution in [-0.4, -0.2) is 21.0 Å². The van der Waals surface area contributed by atoms with Crippen molar-refractivity contribution in [2.45, 2.75) is 15.5 Å². The number of hydrogen-bond acceptors (Lipinski definition) is 6. The number of rotatable bonds is 3. The Kier molecular flexibility index (Phi) is 3.71. The number of pyridine rings is 1.